The highest BCUT2D eigenvalue weighted by Crippen LogP contribution is 2.20. The number of carbonyl (C=O) groups excluding carboxylic acids is 1. The lowest BCUT2D eigenvalue weighted by Crippen LogP contribution is -2.18. The van der Waals surface area contributed by atoms with Crippen molar-refractivity contribution in [2.45, 2.75) is 6.92 Å². The highest BCUT2D eigenvalue weighted by Gasteiger charge is 2.04. The summed E-state index contributed by atoms with van der Waals surface area (Å²) >= 11 is 0. The standard InChI is InChI=1S/C13H14N2O3/c1-2-17-8-13(16)15-11-5-3-10(4-6-11)12-7-14-9-18-12/h3-7,9H,2,8H2,1H3,(H,15,16). The van der Waals surface area contributed by atoms with Crippen LogP contribution in [0.2, 0.25) is 0 Å². The van der Waals surface area contributed by atoms with Crippen molar-refractivity contribution in [3.8, 4) is 11.3 Å². The van der Waals surface area contributed by atoms with Crippen molar-refractivity contribution in [1.82, 2.24) is 4.98 Å². The van der Waals surface area contributed by atoms with E-state index in [1.807, 2.05) is 31.2 Å². The minimum atomic E-state index is -0.163. The van der Waals surface area contributed by atoms with Gasteiger partial charge in [0.2, 0.25) is 5.91 Å². The molecule has 94 valence electrons. The first kappa shape index (κ1) is 12.3. The Bertz CT molecular complexity index is 491. The summed E-state index contributed by atoms with van der Waals surface area (Å²) in [6, 6.07) is 7.33. The lowest BCUT2D eigenvalue weighted by atomic mass is 10.2. The molecule has 1 amide bonds. The van der Waals surface area contributed by atoms with Gasteiger partial charge in [-0.1, -0.05) is 0 Å². The van der Waals surface area contributed by atoms with Gasteiger partial charge in [-0.05, 0) is 31.2 Å². The Hall–Kier alpha value is -2.14. The Kier molecular flexibility index (Phi) is 4.09. The number of hydrogen-bond acceptors (Lipinski definition) is 4. The van der Waals surface area contributed by atoms with E-state index >= 15 is 0 Å². The molecular weight excluding hydrogens is 232 g/mol. The molecule has 1 heterocycles. The Balaban J connectivity index is 1.98. The summed E-state index contributed by atoms with van der Waals surface area (Å²) in [5, 5.41) is 2.74. The van der Waals surface area contributed by atoms with Crippen LogP contribution in [-0.2, 0) is 9.53 Å². The molecule has 0 aliphatic rings. The summed E-state index contributed by atoms with van der Waals surface area (Å²) in [5.74, 6) is 0.534. The molecule has 18 heavy (non-hydrogen) atoms. The second kappa shape index (κ2) is 5.97. The van der Waals surface area contributed by atoms with Crippen LogP contribution in [-0.4, -0.2) is 24.1 Å². The molecule has 0 saturated carbocycles. The third kappa shape index (κ3) is 3.18. The van der Waals surface area contributed by atoms with Gasteiger partial charge in [-0.25, -0.2) is 4.98 Å². The normalized spacial score (nSPS) is 10.3. The molecule has 0 aliphatic heterocycles. The third-order valence-electron chi connectivity index (χ3n) is 2.32. The maximum absolute atomic E-state index is 11.4. The van der Waals surface area contributed by atoms with Crippen LogP contribution in [0, 0.1) is 0 Å². The number of nitrogens with zero attached hydrogens (tertiary/aromatic N) is 1. The topological polar surface area (TPSA) is 64.4 Å². The van der Waals surface area contributed by atoms with Gasteiger partial charge in [0.1, 0.15) is 6.61 Å². The number of benzene rings is 1. The number of nitrogens with one attached hydrogen (secondary N) is 1. The number of rotatable bonds is 5. The van der Waals surface area contributed by atoms with Gasteiger partial charge in [0.05, 0.1) is 6.20 Å². The van der Waals surface area contributed by atoms with Crippen LogP contribution in [0.25, 0.3) is 11.3 Å². The minimum Gasteiger partial charge on any atom is -0.444 e. The summed E-state index contributed by atoms with van der Waals surface area (Å²) in [4.78, 5) is 15.3. The quantitative estimate of drug-likeness (QED) is 0.879. The fourth-order valence-electron chi connectivity index (χ4n) is 1.47. The minimum absolute atomic E-state index is 0.0698. The van der Waals surface area contributed by atoms with Crippen molar-refractivity contribution in [2.75, 3.05) is 18.5 Å². The predicted octanol–water partition coefficient (Wildman–Crippen LogP) is 2.32. The van der Waals surface area contributed by atoms with Gasteiger partial charge in [-0.15, -0.1) is 0 Å². The van der Waals surface area contributed by atoms with Crippen molar-refractivity contribution in [3.63, 3.8) is 0 Å². The first-order valence-corrected chi connectivity index (χ1v) is 5.66. The molecule has 5 heteroatoms. The molecule has 1 aromatic carbocycles. The molecule has 1 aromatic heterocycles. The molecule has 0 aliphatic carbocycles. The Morgan fingerprint density at radius 1 is 1.39 bits per heavy atom. The van der Waals surface area contributed by atoms with Crippen LogP contribution in [0.3, 0.4) is 0 Å². The summed E-state index contributed by atoms with van der Waals surface area (Å²) in [5.41, 5.74) is 1.64. The third-order valence-corrected chi connectivity index (χ3v) is 2.32. The molecule has 0 fully saturated rings. The maximum atomic E-state index is 11.4. The summed E-state index contributed by atoms with van der Waals surface area (Å²) in [6.45, 7) is 2.44. The smallest absolute Gasteiger partial charge is 0.250 e. The fourth-order valence-corrected chi connectivity index (χ4v) is 1.47. The summed E-state index contributed by atoms with van der Waals surface area (Å²) in [7, 11) is 0. The van der Waals surface area contributed by atoms with Crippen molar-refractivity contribution < 1.29 is 13.9 Å². The molecule has 2 rings (SSSR count). The molecule has 1 N–H and O–H groups in total. The van der Waals surface area contributed by atoms with E-state index in [0.29, 0.717) is 12.4 Å². The Morgan fingerprint density at radius 2 is 2.17 bits per heavy atom. The molecule has 0 bridgehead atoms. The maximum Gasteiger partial charge on any atom is 0.250 e. The highest BCUT2D eigenvalue weighted by atomic mass is 16.5. The largest absolute Gasteiger partial charge is 0.444 e. The zero-order valence-electron chi connectivity index (χ0n) is 10.1. The second-order valence-corrected chi connectivity index (χ2v) is 3.63. The predicted molar refractivity (Wildman–Crippen MR) is 67.1 cm³/mol. The van der Waals surface area contributed by atoms with E-state index in [1.54, 1.807) is 6.20 Å². The van der Waals surface area contributed by atoms with E-state index < -0.39 is 0 Å². The van der Waals surface area contributed by atoms with Gasteiger partial charge in [-0.2, -0.15) is 0 Å². The van der Waals surface area contributed by atoms with Crippen molar-refractivity contribution >= 4 is 11.6 Å². The molecule has 5 nitrogen and oxygen atoms in total. The molecule has 0 atom stereocenters. The van der Waals surface area contributed by atoms with Crippen LogP contribution >= 0.6 is 0 Å². The number of oxazole rings is 1. The first-order chi connectivity index (χ1) is 8.79. The van der Waals surface area contributed by atoms with Crippen LogP contribution in [0.15, 0.2) is 41.3 Å². The van der Waals surface area contributed by atoms with E-state index in [0.717, 1.165) is 11.3 Å². The summed E-state index contributed by atoms with van der Waals surface area (Å²) in [6.07, 6.45) is 3.02. The second-order valence-electron chi connectivity index (χ2n) is 3.63. The van der Waals surface area contributed by atoms with Gasteiger partial charge in [0.15, 0.2) is 12.2 Å². The fraction of sp³-hybridized carbons (Fsp3) is 0.231. The van der Waals surface area contributed by atoms with Gasteiger partial charge in [0, 0.05) is 17.9 Å². The van der Waals surface area contributed by atoms with Crippen molar-refractivity contribution in [2.24, 2.45) is 0 Å². The molecule has 0 spiro atoms. The van der Waals surface area contributed by atoms with Crippen LogP contribution in [0.1, 0.15) is 6.92 Å². The lowest BCUT2D eigenvalue weighted by Gasteiger charge is -2.05. The van der Waals surface area contributed by atoms with E-state index in [1.165, 1.54) is 6.39 Å². The van der Waals surface area contributed by atoms with Crippen molar-refractivity contribution in [3.05, 3.63) is 36.9 Å². The number of aromatic nitrogens is 1. The van der Waals surface area contributed by atoms with Gasteiger partial charge in [0.25, 0.3) is 0 Å². The van der Waals surface area contributed by atoms with E-state index in [-0.39, 0.29) is 12.5 Å². The first-order valence-electron chi connectivity index (χ1n) is 5.66. The number of amides is 1. The van der Waals surface area contributed by atoms with Crippen molar-refractivity contribution in [1.29, 1.82) is 0 Å². The SMILES string of the molecule is CCOCC(=O)Nc1ccc(-c2cnco2)cc1. The Labute approximate surface area is 105 Å². The molecule has 0 saturated heterocycles. The van der Waals surface area contributed by atoms with Gasteiger partial charge in [-0.3, -0.25) is 4.79 Å². The number of hydrogen-bond donors (Lipinski definition) is 1. The zero-order valence-corrected chi connectivity index (χ0v) is 10.1. The van der Waals surface area contributed by atoms with Crippen LogP contribution in [0.4, 0.5) is 5.69 Å². The number of carbonyl (C=O) groups is 1. The molecule has 0 radical (unpaired) electrons. The monoisotopic (exact) mass is 246 g/mol. The van der Waals surface area contributed by atoms with E-state index in [9.17, 15) is 4.79 Å². The summed E-state index contributed by atoms with van der Waals surface area (Å²) < 4.78 is 10.2. The zero-order chi connectivity index (χ0) is 12.8. The van der Waals surface area contributed by atoms with E-state index in [2.05, 4.69) is 10.3 Å². The lowest BCUT2D eigenvalue weighted by molar-refractivity contribution is -0.120. The molecule has 0 unspecified atom stereocenters. The highest BCUT2D eigenvalue weighted by molar-refractivity contribution is 5.91. The average molecular weight is 246 g/mol. The van der Waals surface area contributed by atoms with Gasteiger partial charge >= 0.3 is 0 Å². The number of anilines is 1. The van der Waals surface area contributed by atoms with E-state index in [4.69, 9.17) is 9.15 Å². The van der Waals surface area contributed by atoms with Crippen LogP contribution < -0.4 is 5.32 Å². The Morgan fingerprint density at radius 3 is 2.78 bits per heavy atom. The van der Waals surface area contributed by atoms with Crippen LogP contribution in [0.5, 0.6) is 0 Å². The molecular formula is C13H14N2O3. The van der Waals surface area contributed by atoms with Gasteiger partial charge < -0.3 is 14.5 Å². The number of ether oxygens (including phenoxy) is 1. The average Bonchev–Trinajstić information content (AvgIpc) is 2.91. The molecule has 2 aromatic rings.